The van der Waals surface area contributed by atoms with Gasteiger partial charge in [0.15, 0.2) is 0 Å². The molecule has 0 saturated heterocycles. The van der Waals surface area contributed by atoms with Gasteiger partial charge in [-0.2, -0.15) is 0 Å². The van der Waals surface area contributed by atoms with Crippen molar-refractivity contribution in [1.29, 1.82) is 0 Å². The molecule has 2 heterocycles. The molecule has 2 aromatic heterocycles. The highest BCUT2D eigenvalue weighted by atomic mass is 15.2. The van der Waals surface area contributed by atoms with E-state index in [2.05, 4.69) is 215 Å². The maximum absolute atomic E-state index is 4.11. The van der Waals surface area contributed by atoms with Gasteiger partial charge in [-0.15, -0.1) is 0 Å². The maximum Gasteiger partial charge on any atom is 0.269 e. The third-order valence-electron chi connectivity index (χ3n) is 12.5. The molecule has 0 fully saturated rings. The van der Waals surface area contributed by atoms with Crippen molar-refractivity contribution in [2.75, 3.05) is 0 Å². The summed E-state index contributed by atoms with van der Waals surface area (Å²) < 4.78 is 7.41. The average Bonchev–Trinajstić information content (AvgIpc) is 3.73. The Hall–Kier alpha value is -4.89. The molecule has 5 aromatic carbocycles. The fourth-order valence-corrected chi connectivity index (χ4v) is 9.42. The standard InChI is InChI=1S/C55H67N3/c1-32(2)40-21-17-22-41(33(3)4)52(40)48-30-56(53-39(15)20-16-23-42(53)34(5)6)49-29-51-50(28-47(48)49)57(54-43(35(7)8)24-18-25-44(54)36(9)10)31-58(51)55-45(37(11)12)26-19-27-46(55)38(13)14/h16-30,32-38H,1-15H3. The lowest BCUT2D eigenvalue weighted by molar-refractivity contribution is -0.573. The Morgan fingerprint density at radius 1 is 0.466 bits per heavy atom. The maximum atomic E-state index is 4.11. The van der Waals surface area contributed by atoms with Crippen LogP contribution in [0.25, 0.3) is 50.1 Å². The molecule has 0 aliphatic heterocycles. The molecule has 0 atom stereocenters. The molecule has 0 spiro atoms. The number of nitrogens with zero attached hydrogens (tertiary/aromatic N) is 3. The van der Waals surface area contributed by atoms with Crippen LogP contribution in [-0.4, -0.2) is 9.13 Å². The minimum Gasteiger partial charge on any atom is -0.316 e. The van der Waals surface area contributed by atoms with E-state index in [9.17, 15) is 0 Å². The van der Waals surface area contributed by atoms with E-state index in [0.29, 0.717) is 41.4 Å². The van der Waals surface area contributed by atoms with E-state index in [1.807, 2.05) is 0 Å². The van der Waals surface area contributed by atoms with E-state index in [1.165, 1.54) is 94.6 Å². The zero-order valence-electron chi connectivity index (χ0n) is 38.0. The van der Waals surface area contributed by atoms with Crippen LogP contribution in [-0.2, 0) is 0 Å². The van der Waals surface area contributed by atoms with Gasteiger partial charge >= 0.3 is 0 Å². The summed E-state index contributed by atoms with van der Waals surface area (Å²) in [7, 11) is 0. The molecule has 0 N–H and O–H groups in total. The number of imidazole rings is 1. The van der Waals surface area contributed by atoms with E-state index >= 15 is 0 Å². The number of rotatable bonds is 11. The predicted octanol–water partition coefficient (Wildman–Crippen LogP) is 15.5. The quantitative estimate of drug-likeness (QED) is 0.0919. The van der Waals surface area contributed by atoms with E-state index in [1.54, 1.807) is 0 Å². The van der Waals surface area contributed by atoms with Crippen molar-refractivity contribution in [2.45, 2.75) is 145 Å². The largest absolute Gasteiger partial charge is 0.316 e. The lowest BCUT2D eigenvalue weighted by Crippen LogP contribution is -2.33. The zero-order chi connectivity index (χ0) is 41.9. The van der Waals surface area contributed by atoms with E-state index in [-0.39, 0.29) is 0 Å². The second kappa shape index (κ2) is 16.0. The number of para-hydroxylation sites is 3. The summed E-state index contributed by atoms with van der Waals surface area (Å²) in [6.07, 6.45) is 6.59. The Labute approximate surface area is 349 Å². The summed E-state index contributed by atoms with van der Waals surface area (Å²) in [5.41, 5.74) is 20.9. The van der Waals surface area contributed by atoms with Gasteiger partial charge in [0.05, 0.1) is 28.1 Å². The van der Waals surface area contributed by atoms with Gasteiger partial charge in [0.2, 0.25) is 0 Å². The Kier molecular flexibility index (Phi) is 11.4. The van der Waals surface area contributed by atoms with Gasteiger partial charge in [-0.05, 0) is 111 Å². The van der Waals surface area contributed by atoms with Gasteiger partial charge in [-0.3, -0.25) is 9.13 Å². The van der Waals surface area contributed by atoms with Gasteiger partial charge in [-0.1, -0.05) is 170 Å². The molecule has 0 aliphatic carbocycles. The first-order chi connectivity index (χ1) is 27.5. The van der Waals surface area contributed by atoms with Crippen LogP contribution in [0.5, 0.6) is 0 Å². The number of aryl methyl sites for hydroxylation is 1. The second-order valence-electron chi connectivity index (χ2n) is 19.0. The molecule has 3 nitrogen and oxygen atoms in total. The van der Waals surface area contributed by atoms with Gasteiger partial charge < -0.3 is 4.57 Å². The van der Waals surface area contributed by atoms with Crippen LogP contribution < -0.4 is 4.57 Å². The number of hydrogen-bond acceptors (Lipinski definition) is 0. The van der Waals surface area contributed by atoms with Gasteiger partial charge in [0.1, 0.15) is 0 Å². The second-order valence-corrected chi connectivity index (χ2v) is 19.0. The molecule has 3 heteroatoms. The topological polar surface area (TPSA) is 13.7 Å². The smallest absolute Gasteiger partial charge is 0.269 e. The number of aromatic nitrogens is 3. The van der Waals surface area contributed by atoms with Crippen LogP contribution in [0, 0.1) is 13.3 Å². The number of hydrogen-bond donors (Lipinski definition) is 0. The number of benzene rings is 5. The summed E-state index contributed by atoms with van der Waals surface area (Å²) in [5, 5.41) is 1.27. The Balaban J connectivity index is 1.77. The molecule has 0 saturated carbocycles. The zero-order valence-corrected chi connectivity index (χ0v) is 38.0. The highest BCUT2D eigenvalue weighted by Gasteiger charge is 2.28. The molecule has 7 aromatic rings. The van der Waals surface area contributed by atoms with Crippen molar-refractivity contribution in [3.63, 3.8) is 0 Å². The van der Waals surface area contributed by atoms with Crippen molar-refractivity contribution in [3.8, 4) is 28.2 Å². The molecule has 7 rings (SSSR count). The van der Waals surface area contributed by atoms with Crippen molar-refractivity contribution >= 4 is 21.9 Å². The van der Waals surface area contributed by atoms with Crippen molar-refractivity contribution in [1.82, 2.24) is 9.13 Å². The average molecular weight is 770 g/mol. The van der Waals surface area contributed by atoms with Crippen LogP contribution >= 0.6 is 0 Å². The van der Waals surface area contributed by atoms with Crippen LogP contribution in [0.1, 0.15) is 183 Å². The Morgan fingerprint density at radius 2 is 0.879 bits per heavy atom. The Bertz CT molecular complexity index is 2540. The highest BCUT2D eigenvalue weighted by Crippen LogP contribution is 2.44. The van der Waals surface area contributed by atoms with E-state index in [4.69, 9.17) is 0 Å². The number of fused-ring (bicyclic) bond motifs is 2. The minimum absolute atomic E-state index is 0.337. The van der Waals surface area contributed by atoms with E-state index < -0.39 is 0 Å². The molecule has 0 aliphatic rings. The summed E-state index contributed by atoms with van der Waals surface area (Å²) in [6, 6.07) is 32.6. The molecule has 0 amide bonds. The first kappa shape index (κ1) is 41.3. The van der Waals surface area contributed by atoms with Crippen molar-refractivity contribution < 1.29 is 4.57 Å². The monoisotopic (exact) mass is 770 g/mol. The van der Waals surface area contributed by atoms with Crippen LogP contribution in [0.3, 0.4) is 0 Å². The summed E-state index contributed by atoms with van der Waals surface area (Å²) in [6.45, 7) is 34.9. The minimum atomic E-state index is 0.337. The SMILES string of the molecule is Cc1cccc(C(C)C)c1-n1cc(-c2c(C(C)C)cccc2C(C)C)c2cc3c(cc21)[n+](-c1c(C(C)C)cccc1C(C)C)[c-]n3-c1c(C(C)C)cccc1C(C)C. The fourth-order valence-electron chi connectivity index (χ4n) is 9.42. The summed E-state index contributed by atoms with van der Waals surface area (Å²) in [4.78, 5) is 0. The van der Waals surface area contributed by atoms with Crippen molar-refractivity contribution in [3.05, 3.63) is 142 Å². The molecule has 0 bridgehead atoms. The molecule has 302 valence electrons. The van der Waals surface area contributed by atoms with Crippen LogP contribution in [0.15, 0.2) is 91.1 Å². The fraction of sp³-hybridized carbons (Fsp3) is 0.400. The third-order valence-corrected chi connectivity index (χ3v) is 12.5. The lowest BCUT2D eigenvalue weighted by atomic mass is 9.85. The van der Waals surface area contributed by atoms with Gasteiger partial charge in [0.25, 0.3) is 6.33 Å². The lowest BCUT2D eigenvalue weighted by Gasteiger charge is -2.21. The first-order valence-electron chi connectivity index (χ1n) is 22.1. The molecule has 0 radical (unpaired) electrons. The first-order valence-corrected chi connectivity index (χ1v) is 22.1. The molecular formula is C55H67N3. The van der Waals surface area contributed by atoms with E-state index in [0.717, 1.165) is 0 Å². The third kappa shape index (κ3) is 7.03. The molecule has 0 unspecified atom stereocenters. The summed E-state index contributed by atoms with van der Waals surface area (Å²) >= 11 is 0. The van der Waals surface area contributed by atoms with Crippen LogP contribution in [0.4, 0.5) is 0 Å². The Morgan fingerprint density at radius 3 is 1.34 bits per heavy atom. The van der Waals surface area contributed by atoms with Gasteiger partial charge in [-0.25, -0.2) is 0 Å². The van der Waals surface area contributed by atoms with Crippen molar-refractivity contribution in [2.24, 2.45) is 0 Å². The highest BCUT2D eigenvalue weighted by molar-refractivity contribution is 6.04. The molecule has 58 heavy (non-hydrogen) atoms. The van der Waals surface area contributed by atoms with Gasteiger partial charge in [0, 0.05) is 22.7 Å². The molecular weight excluding hydrogens is 703 g/mol. The summed E-state index contributed by atoms with van der Waals surface area (Å²) in [5.74, 6) is 2.45. The normalized spacial score (nSPS) is 12.4. The predicted molar refractivity (Wildman–Crippen MR) is 249 cm³/mol. The van der Waals surface area contributed by atoms with Crippen LogP contribution in [0.2, 0.25) is 0 Å².